The fourth-order valence-corrected chi connectivity index (χ4v) is 3.86. The number of aromatic nitrogens is 1. The first-order valence-electron chi connectivity index (χ1n) is 7.13. The van der Waals surface area contributed by atoms with Crippen LogP contribution in [0.25, 0.3) is 0 Å². The molecule has 1 amide bonds. The minimum Gasteiger partial charge on any atom is -0.349 e. The van der Waals surface area contributed by atoms with E-state index in [0.29, 0.717) is 11.5 Å². The van der Waals surface area contributed by atoms with E-state index >= 15 is 0 Å². The van der Waals surface area contributed by atoms with Gasteiger partial charge in [0.15, 0.2) is 0 Å². The molecule has 2 aliphatic carbocycles. The molecule has 0 saturated heterocycles. The van der Waals surface area contributed by atoms with Gasteiger partial charge in [-0.3, -0.25) is 9.59 Å². The first-order chi connectivity index (χ1) is 9.13. The number of hydrogen-bond donors (Lipinski definition) is 2. The van der Waals surface area contributed by atoms with E-state index in [9.17, 15) is 9.59 Å². The lowest BCUT2D eigenvalue weighted by atomic mass is 9.84. The van der Waals surface area contributed by atoms with Crippen LogP contribution in [0.5, 0.6) is 0 Å². The summed E-state index contributed by atoms with van der Waals surface area (Å²) >= 11 is 0. The average molecular weight is 260 g/mol. The number of fused-ring (bicyclic) bond motifs is 2. The second-order valence-corrected chi connectivity index (χ2v) is 6.04. The second kappa shape index (κ2) is 4.83. The maximum Gasteiger partial charge on any atom is 0.252 e. The molecule has 0 aromatic carbocycles. The monoisotopic (exact) mass is 260 g/mol. The van der Waals surface area contributed by atoms with Crippen molar-refractivity contribution >= 4 is 5.91 Å². The van der Waals surface area contributed by atoms with Crippen molar-refractivity contribution in [2.24, 2.45) is 17.8 Å². The van der Waals surface area contributed by atoms with Crippen molar-refractivity contribution in [3.8, 4) is 0 Å². The van der Waals surface area contributed by atoms with Crippen LogP contribution >= 0.6 is 0 Å². The van der Waals surface area contributed by atoms with Gasteiger partial charge in [0.25, 0.3) is 5.91 Å². The minimum absolute atomic E-state index is 0.0912. The molecule has 4 atom stereocenters. The van der Waals surface area contributed by atoms with Crippen LogP contribution in [0, 0.1) is 17.8 Å². The third-order valence-electron chi connectivity index (χ3n) is 4.84. The van der Waals surface area contributed by atoms with E-state index in [1.807, 2.05) is 0 Å². The van der Waals surface area contributed by atoms with Crippen LogP contribution in [0.2, 0.25) is 0 Å². The van der Waals surface area contributed by atoms with Gasteiger partial charge in [0.1, 0.15) is 0 Å². The number of carbonyl (C=O) groups is 1. The zero-order valence-electron chi connectivity index (χ0n) is 11.2. The largest absolute Gasteiger partial charge is 0.349 e. The van der Waals surface area contributed by atoms with Crippen molar-refractivity contribution in [1.82, 2.24) is 10.3 Å². The van der Waals surface area contributed by atoms with Gasteiger partial charge in [-0.1, -0.05) is 6.42 Å². The number of carbonyl (C=O) groups excluding carboxylic acids is 1. The SMILES string of the molecule is C[C@H](NC(=O)c1ccc(=O)[nH]c1)[C@@H]1C[C@@H]2CC[C@@H]1C2. The highest BCUT2D eigenvalue weighted by molar-refractivity contribution is 5.93. The van der Waals surface area contributed by atoms with Gasteiger partial charge < -0.3 is 10.3 Å². The maximum absolute atomic E-state index is 12.1. The molecule has 0 unspecified atom stereocenters. The number of nitrogens with one attached hydrogen (secondary N) is 2. The first kappa shape index (κ1) is 12.5. The number of pyridine rings is 1. The summed E-state index contributed by atoms with van der Waals surface area (Å²) in [6, 6.07) is 3.17. The van der Waals surface area contributed by atoms with E-state index < -0.39 is 0 Å². The smallest absolute Gasteiger partial charge is 0.252 e. The molecule has 1 heterocycles. The van der Waals surface area contributed by atoms with Crippen LogP contribution in [-0.2, 0) is 0 Å². The predicted octanol–water partition coefficient (Wildman–Crippen LogP) is 1.93. The molecule has 4 nitrogen and oxygen atoms in total. The summed E-state index contributed by atoms with van der Waals surface area (Å²) < 4.78 is 0. The summed E-state index contributed by atoms with van der Waals surface area (Å²) in [6.07, 6.45) is 6.79. The Balaban J connectivity index is 1.63. The molecule has 102 valence electrons. The van der Waals surface area contributed by atoms with Crippen LogP contribution in [-0.4, -0.2) is 16.9 Å². The summed E-state index contributed by atoms with van der Waals surface area (Å²) in [4.78, 5) is 25.6. The molecular weight excluding hydrogens is 240 g/mol. The Labute approximate surface area is 112 Å². The second-order valence-electron chi connectivity index (χ2n) is 6.04. The fourth-order valence-electron chi connectivity index (χ4n) is 3.86. The van der Waals surface area contributed by atoms with Crippen LogP contribution in [0.3, 0.4) is 0 Å². The Morgan fingerprint density at radius 3 is 2.79 bits per heavy atom. The summed E-state index contributed by atoms with van der Waals surface area (Å²) in [5.41, 5.74) is 0.340. The lowest BCUT2D eigenvalue weighted by Gasteiger charge is -2.28. The molecule has 2 saturated carbocycles. The van der Waals surface area contributed by atoms with E-state index in [4.69, 9.17) is 0 Å². The third kappa shape index (κ3) is 2.44. The van der Waals surface area contributed by atoms with Gasteiger partial charge in [-0.05, 0) is 50.0 Å². The van der Waals surface area contributed by atoms with Crippen molar-refractivity contribution in [3.05, 3.63) is 34.2 Å². The Bertz CT molecular complexity index is 517. The van der Waals surface area contributed by atoms with Gasteiger partial charge >= 0.3 is 0 Å². The highest BCUT2D eigenvalue weighted by Crippen LogP contribution is 2.49. The molecule has 4 heteroatoms. The minimum atomic E-state index is -0.183. The first-order valence-corrected chi connectivity index (χ1v) is 7.13. The third-order valence-corrected chi connectivity index (χ3v) is 4.84. The predicted molar refractivity (Wildman–Crippen MR) is 72.9 cm³/mol. The molecule has 1 aromatic rings. The van der Waals surface area contributed by atoms with E-state index in [0.717, 1.165) is 11.8 Å². The summed E-state index contributed by atoms with van der Waals surface area (Å²) in [5.74, 6) is 2.23. The topological polar surface area (TPSA) is 62.0 Å². The van der Waals surface area contributed by atoms with Crippen LogP contribution in [0.4, 0.5) is 0 Å². The number of aromatic amines is 1. The summed E-state index contributed by atoms with van der Waals surface area (Å²) in [5, 5.41) is 3.08. The molecule has 19 heavy (non-hydrogen) atoms. The molecule has 2 N–H and O–H groups in total. The van der Waals surface area contributed by atoms with Gasteiger partial charge in [0.05, 0.1) is 5.56 Å². The Morgan fingerprint density at radius 1 is 1.37 bits per heavy atom. The van der Waals surface area contributed by atoms with Crippen molar-refractivity contribution in [2.45, 2.75) is 38.6 Å². The summed E-state index contributed by atoms with van der Waals surface area (Å²) in [7, 11) is 0. The molecule has 2 fully saturated rings. The van der Waals surface area contributed by atoms with Crippen molar-refractivity contribution < 1.29 is 4.79 Å². The molecular formula is C15H20N2O2. The van der Waals surface area contributed by atoms with Crippen LogP contribution in [0.15, 0.2) is 23.1 Å². The molecule has 2 bridgehead atoms. The maximum atomic E-state index is 12.1. The highest BCUT2D eigenvalue weighted by Gasteiger charge is 2.42. The van der Waals surface area contributed by atoms with E-state index in [1.54, 1.807) is 6.07 Å². The molecule has 0 radical (unpaired) electrons. The lowest BCUT2D eigenvalue weighted by molar-refractivity contribution is 0.0915. The molecule has 2 aliphatic rings. The van der Waals surface area contributed by atoms with Gasteiger partial charge in [-0.25, -0.2) is 0 Å². The number of rotatable bonds is 3. The van der Waals surface area contributed by atoms with Gasteiger partial charge in [0, 0.05) is 18.3 Å². The van der Waals surface area contributed by atoms with Crippen molar-refractivity contribution in [2.75, 3.05) is 0 Å². The van der Waals surface area contributed by atoms with Gasteiger partial charge in [0.2, 0.25) is 5.56 Å². The molecule has 3 rings (SSSR count). The quantitative estimate of drug-likeness (QED) is 0.872. The van der Waals surface area contributed by atoms with Crippen LogP contribution < -0.4 is 10.9 Å². The standard InChI is InChI=1S/C15H20N2O2/c1-9(13-7-10-2-3-11(13)6-10)17-15(19)12-4-5-14(18)16-8-12/h4-5,8-11,13H,2-3,6-7H2,1H3,(H,16,18)(H,17,19)/t9-,10+,11+,13-/m0/s1. The number of hydrogen-bond acceptors (Lipinski definition) is 2. The average Bonchev–Trinajstić information content (AvgIpc) is 3.01. The number of H-pyrrole nitrogens is 1. The number of amides is 1. The van der Waals surface area contributed by atoms with Crippen LogP contribution in [0.1, 0.15) is 43.0 Å². The van der Waals surface area contributed by atoms with Gasteiger partial charge in [-0.2, -0.15) is 0 Å². The Hall–Kier alpha value is -1.58. The lowest BCUT2D eigenvalue weighted by Crippen LogP contribution is -2.40. The normalized spacial score (nSPS) is 30.3. The fraction of sp³-hybridized carbons (Fsp3) is 0.600. The molecule has 0 spiro atoms. The van der Waals surface area contributed by atoms with E-state index in [1.165, 1.54) is 37.9 Å². The Morgan fingerprint density at radius 2 is 2.21 bits per heavy atom. The zero-order valence-corrected chi connectivity index (χ0v) is 11.2. The van der Waals surface area contributed by atoms with Crippen molar-refractivity contribution in [1.29, 1.82) is 0 Å². The molecule has 1 aromatic heterocycles. The van der Waals surface area contributed by atoms with E-state index in [2.05, 4.69) is 17.2 Å². The highest BCUT2D eigenvalue weighted by atomic mass is 16.2. The molecule has 0 aliphatic heterocycles. The van der Waals surface area contributed by atoms with Gasteiger partial charge in [-0.15, -0.1) is 0 Å². The Kier molecular flexibility index (Phi) is 3.17. The summed E-state index contributed by atoms with van der Waals surface area (Å²) in [6.45, 7) is 2.11. The van der Waals surface area contributed by atoms with E-state index in [-0.39, 0.29) is 17.5 Å². The zero-order chi connectivity index (χ0) is 13.4. The van der Waals surface area contributed by atoms with Crippen molar-refractivity contribution in [3.63, 3.8) is 0 Å².